The van der Waals surface area contributed by atoms with E-state index in [2.05, 4.69) is 24.3 Å². The van der Waals surface area contributed by atoms with Crippen LogP contribution in [0.1, 0.15) is 44.6 Å². The van der Waals surface area contributed by atoms with Crippen LogP contribution in [-0.2, 0) is 15.9 Å². The van der Waals surface area contributed by atoms with E-state index in [-0.39, 0.29) is 6.29 Å². The first kappa shape index (κ1) is 22.2. The molecule has 2 fully saturated rings. The minimum Gasteiger partial charge on any atom is -0.352 e. The average Bonchev–Trinajstić information content (AvgIpc) is 2.81. The van der Waals surface area contributed by atoms with Crippen molar-refractivity contribution >= 4 is 0 Å². The smallest absolute Gasteiger partial charge is 0.160 e. The number of benzene rings is 2. The van der Waals surface area contributed by atoms with Crippen LogP contribution in [0.25, 0.3) is 11.1 Å². The molecule has 0 N–H and O–H groups in total. The number of rotatable bonds is 6. The second-order valence-corrected chi connectivity index (χ2v) is 8.97. The zero-order valence-corrected chi connectivity index (χ0v) is 18.2. The summed E-state index contributed by atoms with van der Waals surface area (Å²) in [7, 11) is 0. The van der Waals surface area contributed by atoms with Crippen LogP contribution in [0.15, 0.2) is 54.6 Å². The van der Waals surface area contributed by atoms with Gasteiger partial charge in [0, 0.05) is 11.8 Å². The van der Waals surface area contributed by atoms with E-state index in [1.165, 1.54) is 49.8 Å². The van der Waals surface area contributed by atoms with Crippen LogP contribution in [0, 0.1) is 29.4 Å². The fraction of sp³-hybridized carbons (Fsp3) is 0.481. The van der Waals surface area contributed by atoms with Gasteiger partial charge in [-0.3, -0.25) is 0 Å². The highest BCUT2D eigenvalue weighted by atomic mass is 19.2. The van der Waals surface area contributed by atoms with Gasteiger partial charge in [-0.2, -0.15) is 0 Å². The van der Waals surface area contributed by atoms with Crippen molar-refractivity contribution in [1.82, 2.24) is 0 Å². The Hall–Kier alpha value is -2.04. The van der Waals surface area contributed by atoms with E-state index in [0.717, 1.165) is 31.1 Å². The maximum Gasteiger partial charge on any atom is 0.160 e. The Morgan fingerprint density at radius 3 is 2.19 bits per heavy atom. The molecule has 31 heavy (non-hydrogen) atoms. The highest BCUT2D eigenvalue weighted by Crippen LogP contribution is 2.36. The quantitative estimate of drug-likeness (QED) is 0.466. The molecular weight excluding hydrogens is 394 g/mol. The van der Waals surface area contributed by atoms with Gasteiger partial charge in [0.05, 0.1) is 13.2 Å². The molecule has 4 rings (SSSR count). The molecule has 2 nitrogen and oxygen atoms in total. The Balaban J connectivity index is 1.21. The van der Waals surface area contributed by atoms with Crippen LogP contribution < -0.4 is 0 Å². The highest BCUT2D eigenvalue weighted by molar-refractivity contribution is 5.63. The fourth-order valence-corrected chi connectivity index (χ4v) is 4.85. The molecule has 2 aliphatic rings. The molecule has 0 spiro atoms. The van der Waals surface area contributed by atoms with E-state index < -0.39 is 11.6 Å². The summed E-state index contributed by atoms with van der Waals surface area (Å²) in [5, 5.41) is 0. The van der Waals surface area contributed by atoms with Crippen molar-refractivity contribution in [3.8, 4) is 11.1 Å². The number of hydrogen-bond donors (Lipinski definition) is 0. The summed E-state index contributed by atoms with van der Waals surface area (Å²) >= 11 is 0. The van der Waals surface area contributed by atoms with Crippen LogP contribution >= 0.6 is 0 Å². The largest absolute Gasteiger partial charge is 0.352 e. The first-order valence-corrected chi connectivity index (χ1v) is 11.5. The Morgan fingerprint density at radius 1 is 0.871 bits per heavy atom. The minimum absolute atomic E-state index is 0.0219. The van der Waals surface area contributed by atoms with Crippen molar-refractivity contribution in [1.29, 1.82) is 0 Å². The van der Waals surface area contributed by atoms with Gasteiger partial charge in [0.2, 0.25) is 0 Å². The summed E-state index contributed by atoms with van der Waals surface area (Å²) in [4.78, 5) is 0. The van der Waals surface area contributed by atoms with E-state index in [1.54, 1.807) is 6.07 Å². The number of halogens is 2. The Morgan fingerprint density at radius 2 is 1.55 bits per heavy atom. The third kappa shape index (κ3) is 5.81. The molecule has 0 aromatic heterocycles. The summed E-state index contributed by atoms with van der Waals surface area (Å²) < 4.78 is 38.6. The molecule has 1 aliphatic heterocycles. The Kier molecular flexibility index (Phi) is 7.52. The molecule has 1 saturated carbocycles. The van der Waals surface area contributed by atoms with Gasteiger partial charge in [-0.15, -0.1) is 0 Å². The maximum atomic E-state index is 13.5. The molecule has 0 atom stereocenters. The second kappa shape index (κ2) is 10.5. The lowest BCUT2D eigenvalue weighted by molar-refractivity contribution is -0.223. The summed E-state index contributed by atoms with van der Waals surface area (Å²) in [6.45, 7) is 3.58. The van der Waals surface area contributed by atoms with Crippen LogP contribution in [-0.4, -0.2) is 19.5 Å². The lowest BCUT2D eigenvalue weighted by Crippen LogP contribution is -2.38. The molecule has 2 aromatic rings. The van der Waals surface area contributed by atoms with Crippen molar-refractivity contribution in [2.75, 3.05) is 13.2 Å². The number of aryl methyl sites for hydroxylation is 1. The molecule has 0 radical (unpaired) electrons. The molecule has 1 aliphatic carbocycles. The topological polar surface area (TPSA) is 18.5 Å². The standard InChI is InChI=1S/C27H32F2O2/c1-2-3-21-17-30-27(31-18-21)23-12-8-20(9-13-23)5-4-19-6-10-22(11-7-19)24-14-15-25(28)26(29)16-24/h2-3,6-7,10-11,14-16,20-21,23,27H,4-5,8-9,12-13,17-18H2,1H3/t20-,21-,23-,27-. The molecule has 0 amide bonds. The van der Waals surface area contributed by atoms with Gasteiger partial charge in [-0.1, -0.05) is 42.5 Å². The summed E-state index contributed by atoms with van der Waals surface area (Å²) in [6, 6.07) is 12.3. The lowest BCUT2D eigenvalue weighted by Gasteiger charge is -2.37. The molecular formula is C27H32F2O2. The van der Waals surface area contributed by atoms with Crippen LogP contribution in [0.3, 0.4) is 0 Å². The fourth-order valence-electron chi connectivity index (χ4n) is 4.85. The van der Waals surface area contributed by atoms with Crippen molar-refractivity contribution in [2.24, 2.45) is 17.8 Å². The van der Waals surface area contributed by atoms with Gasteiger partial charge in [-0.05, 0) is 80.2 Å². The first-order valence-electron chi connectivity index (χ1n) is 11.5. The van der Waals surface area contributed by atoms with Crippen LogP contribution in [0.4, 0.5) is 8.78 Å². The summed E-state index contributed by atoms with van der Waals surface area (Å²) in [5.74, 6) is 0.0547. The summed E-state index contributed by atoms with van der Waals surface area (Å²) in [5.41, 5.74) is 2.91. The second-order valence-electron chi connectivity index (χ2n) is 8.97. The van der Waals surface area contributed by atoms with E-state index in [1.807, 2.05) is 19.1 Å². The monoisotopic (exact) mass is 426 g/mol. The van der Waals surface area contributed by atoms with Gasteiger partial charge in [0.25, 0.3) is 0 Å². The normalized spacial score (nSPS) is 26.9. The third-order valence-electron chi connectivity index (χ3n) is 6.74. The van der Waals surface area contributed by atoms with Gasteiger partial charge in [-0.25, -0.2) is 8.78 Å². The molecule has 1 saturated heterocycles. The zero-order chi connectivity index (χ0) is 21.6. The zero-order valence-electron chi connectivity index (χ0n) is 18.2. The number of ether oxygens (including phenoxy) is 2. The highest BCUT2D eigenvalue weighted by Gasteiger charge is 2.31. The van der Waals surface area contributed by atoms with Gasteiger partial charge in [0.1, 0.15) is 0 Å². The minimum atomic E-state index is -0.811. The van der Waals surface area contributed by atoms with Crippen molar-refractivity contribution in [2.45, 2.75) is 51.7 Å². The Labute approximate surface area is 184 Å². The third-order valence-corrected chi connectivity index (χ3v) is 6.74. The van der Waals surface area contributed by atoms with Crippen LogP contribution in [0.5, 0.6) is 0 Å². The van der Waals surface area contributed by atoms with Gasteiger partial charge in [0.15, 0.2) is 17.9 Å². The predicted octanol–water partition coefficient (Wildman–Crippen LogP) is 6.94. The SMILES string of the molecule is CC=C[C@H]1CO[C@H]([C@H]2CC[C@H](CCc3ccc(-c4ccc(F)c(F)c4)cc3)CC2)OC1. The molecule has 1 heterocycles. The van der Waals surface area contributed by atoms with E-state index >= 15 is 0 Å². The van der Waals surface area contributed by atoms with E-state index in [0.29, 0.717) is 17.4 Å². The lowest BCUT2D eigenvalue weighted by atomic mass is 9.79. The van der Waals surface area contributed by atoms with Gasteiger partial charge >= 0.3 is 0 Å². The average molecular weight is 427 g/mol. The van der Waals surface area contributed by atoms with E-state index in [4.69, 9.17) is 9.47 Å². The first-order chi connectivity index (χ1) is 15.1. The van der Waals surface area contributed by atoms with E-state index in [9.17, 15) is 8.78 Å². The maximum absolute atomic E-state index is 13.5. The predicted molar refractivity (Wildman–Crippen MR) is 120 cm³/mol. The van der Waals surface area contributed by atoms with Crippen LogP contribution in [0.2, 0.25) is 0 Å². The molecule has 0 unspecified atom stereocenters. The number of hydrogen-bond acceptors (Lipinski definition) is 2. The van der Waals surface area contributed by atoms with Gasteiger partial charge < -0.3 is 9.47 Å². The Bertz CT molecular complexity index is 861. The molecule has 0 bridgehead atoms. The van der Waals surface area contributed by atoms with Crippen molar-refractivity contribution < 1.29 is 18.3 Å². The molecule has 166 valence electrons. The van der Waals surface area contributed by atoms with Crippen molar-refractivity contribution in [3.63, 3.8) is 0 Å². The number of allylic oxidation sites excluding steroid dienone is 1. The van der Waals surface area contributed by atoms with Crippen molar-refractivity contribution in [3.05, 3.63) is 71.8 Å². The molecule has 4 heteroatoms. The molecule has 2 aromatic carbocycles. The summed E-state index contributed by atoms with van der Waals surface area (Å²) in [6.07, 6.45) is 11.3.